The summed E-state index contributed by atoms with van der Waals surface area (Å²) in [4.78, 5) is 45.0. The number of amides is 2. The van der Waals surface area contributed by atoms with Crippen molar-refractivity contribution in [3.05, 3.63) is 105 Å². The van der Waals surface area contributed by atoms with Crippen LogP contribution >= 0.6 is 23.2 Å². The normalized spacial score (nSPS) is 14.7. The molecule has 53 heavy (non-hydrogen) atoms. The summed E-state index contributed by atoms with van der Waals surface area (Å²) in [5, 5.41) is 11.8. The Labute approximate surface area is 312 Å². The largest absolute Gasteiger partial charge is 0.619 e. The molecular weight excluding hydrogens is 763 g/mol. The van der Waals surface area contributed by atoms with Crippen molar-refractivity contribution in [2.24, 2.45) is 5.92 Å². The maximum absolute atomic E-state index is 13.5. The minimum atomic E-state index is -3.82. The average molecular weight is 795 g/mol. The van der Waals surface area contributed by atoms with Crippen LogP contribution in [-0.4, -0.2) is 73.2 Å². The molecule has 14 nitrogen and oxygen atoms in total. The molecule has 2 aromatic carbocycles. The highest BCUT2D eigenvalue weighted by Crippen LogP contribution is 2.38. The molecule has 0 saturated heterocycles. The Bertz CT molecular complexity index is 2130. The lowest BCUT2D eigenvalue weighted by Gasteiger charge is -2.23. The second kappa shape index (κ2) is 15.5. The molecule has 1 fully saturated rings. The number of carbonyl (C=O) groups excluding carboxylic acids is 3. The van der Waals surface area contributed by atoms with Gasteiger partial charge in [-0.3, -0.25) is 23.6 Å². The second-order valence-corrected chi connectivity index (χ2v) is 15.1. The molecule has 1 aliphatic carbocycles. The van der Waals surface area contributed by atoms with Crippen LogP contribution in [0.2, 0.25) is 10.0 Å². The van der Waals surface area contributed by atoms with Crippen molar-refractivity contribution in [3.63, 3.8) is 0 Å². The van der Waals surface area contributed by atoms with Gasteiger partial charge in [0.2, 0.25) is 10.0 Å². The van der Waals surface area contributed by atoms with E-state index in [1.807, 2.05) is 0 Å². The van der Waals surface area contributed by atoms with Gasteiger partial charge >= 0.3 is 12.6 Å². The van der Waals surface area contributed by atoms with Crippen LogP contribution in [0.3, 0.4) is 0 Å². The average Bonchev–Trinajstić information content (AvgIpc) is 3.72. The summed E-state index contributed by atoms with van der Waals surface area (Å²) in [7, 11) is -3.82. The van der Waals surface area contributed by atoms with Crippen molar-refractivity contribution >= 4 is 56.7 Å². The van der Waals surface area contributed by atoms with Crippen molar-refractivity contribution in [2.75, 3.05) is 30.3 Å². The lowest BCUT2D eigenvalue weighted by molar-refractivity contribution is -0.605. The van der Waals surface area contributed by atoms with Gasteiger partial charge in [0.1, 0.15) is 22.7 Å². The molecule has 2 aliphatic rings. The molecule has 1 unspecified atom stereocenters. The number of rotatable bonds is 16. The van der Waals surface area contributed by atoms with Gasteiger partial charge in [0, 0.05) is 30.9 Å². The molecular formula is C34H31Cl2F2N5O9S. The smallest absolute Gasteiger partial charge is 0.387 e. The number of imide groups is 1. The molecule has 0 radical (unpaired) electrons. The van der Waals surface area contributed by atoms with Gasteiger partial charge in [-0.1, -0.05) is 29.3 Å². The number of sulfonamides is 1. The van der Waals surface area contributed by atoms with E-state index < -0.39 is 47.1 Å². The van der Waals surface area contributed by atoms with Crippen LogP contribution < -0.4 is 18.5 Å². The number of fused-ring (bicyclic) bond motifs is 1. The van der Waals surface area contributed by atoms with Gasteiger partial charge in [-0.15, -0.1) is 0 Å². The number of anilines is 1. The first kappa shape index (κ1) is 37.7. The van der Waals surface area contributed by atoms with Crippen LogP contribution in [0.4, 0.5) is 14.5 Å². The first-order chi connectivity index (χ1) is 25.2. The lowest BCUT2D eigenvalue weighted by atomic mass is 10.0. The highest BCUT2D eigenvalue weighted by molar-refractivity contribution is 7.92. The molecule has 0 N–H and O–H groups in total. The summed E-state index contributed by atoms with van der Waals surface area (Å²) < 4.78 is 71.2. The fourth-order valence-corrected chi connectivity index (χ4v) is 7.18. The molecule has 0 bridgehead atoms. The van der Waals surface area contributed by atoms with Gasteiger partial charge in [0.15, 0.2) is 23.9 Å². The molecule has 0 spiro atoms. The first-order valence-electron chi connectivity index (χ1n) is 16.1. The van der Waals surface area contributed by atoms with Crippen LogP contribution in [0.5, 0.6) is 11.5 Å². The van der Waals surface area contributed by atoms with Crippen LogP contribution in [-0.2, 0) is 32.5 Å². The van der Waals surface area contributed by atoms with E-state index in [9.17, 15) is 36.8 Å². The fraction of sp³-hybridized carbons (Fsp3) is 0.324. The Kier molecular flexibility index (Phi) is 11.1. The molecule has 4 aromatic rings. The third kappa shape index (κ3) is 8.97. The van der Waals surface area contributed by atoms with Gasteiger partial charge in [0.05, 0.1) is 42.5 Å². The van der Waals surface area contributed by atoms with Crippen LogP contribution in [0.1, 0.15) is 50.8 Å². The number of nitrogens with zero attached hydrogens (tertiary/aromatic N) is 5. The Balaban J connectivity index is 1.24. The quantitative estimate of drug-likeness (QED) is 0.0666. The highest BCUT2D eigenvalue weighted by atomic mass is 35.5. The number of benzene rings is 2. The number of ether oxygens (including phenoxy) is 3. The third-order valence-electron chi connectivity index (χ3n) is 8.50. The van der Waals surface area contributed by atoms with Crippen LogP contribution in [0.25, 0.3) is 0 Å². The Morgan fingerprint density at radius 1 is 1.08 bits per heavy atom. The maximum atomic E-state index is 13.5. The SMILES string of the molecule is CS(=O)(=O)N(CCn1ccnc1)c1ccc2c(c1)C(=O)N(CC(=O)OC(Cc1c(Cl)c[n+]([O-])cc1Cl)c1ccc(OC(F)F)c(OCC3CC3)c1)C2=O. The Hall–Kier alpha value is -5.00. The summed E-state index contributed by atoms with van der Waals surface area (Å²) in [6.45, 7) is -3.50. The summed E-state index contributed by atoms with van der Waals surface area (Å²) in [6, 6.07) is 7.92. The number of alkyl halides is 2. The van der Waals surface area contributed by atoms with Crippen molar-refractivity contribution in [1.82, 2.24) is 14.5 Å². The monoisotopic (exact) mass is 793 g/mol. The maximum Gasteiger partial charge on any atom is 0.387 e. The van der Waals surface area contributed by atoms with Gasteiger partial charge in [-0.05, 0) is 54.7 Å². The zero-order valence-electron chi connectivity index (χ0n) is 27.9. The number of halogens is 4. The van der Waals surface area contributed by atoms with Gasteiger partial charge in [-0.25, -0.2) is 13.4 Å². The van der Waals surface area contributed by atoms with Gasteiger partial charge in [-0.2, -0.15) is 13.5 Å². The van der Waals surface area contributed by atoms with Crippen molar-refractivity contribution < 1.29 is 50.5 Å². The number of carbonyl (C=O) groups is 3. The Morgan fingerprint density at radius 2 is 1.79 bits per heavy atom. The minimum Gasteiger partial charge on any atom is -0.619 e. The number of hydrogen-bond acceptors (Lipinski definition) is 10. The molecule has 19 heteroatoms. The molecule has 2 aromatic heterocycles. The Morgan fingerprint density at radius 3 is 2.43 bits per heavy atom. The van der Waals surface area contributed by atoms with E-state index in [-0.39, 0.29) is 81.5 Å². The molecule has 3 heterocycles. The van der Waals surface area contributed by atoms with Crippen LogP contribution in [0.15, 0.2) is 67.5 Å². The predicted octanol–water partition coefficient (Wildman–Crippen LogP) is 4.80. The number of hydrogen-bond donors (Lipinski definition) is 0. The van der Waals surface area contributed by atoms with Crippen molar-refractivity contribution in [3.8, 4) is 11.5 Å². The summed E-state index contributed by atoms with van der Waals surface area (Å²) in [6.07, 6.45) is 8.19. The zero-order valence-corrected chi connectivity index (χ0v) is 30.2. The molecule has 2 amide bonds. The fourth-order valence-electron chi connectivity index (χ4n) is 5.68. The molecule has 280 valence electrons. The number of aromatic nitrogens is 3. The van der Waals surface area contributed by atoms with E-state index in [0.717, 1.165) is 35.8 Å². The number of pyridine rings is 1. The van der Waals surface area contributed by atoms with Crippen LogP contribution in [0, 0.1) is 11.1 Å². The standard InChI is InChI=1S/C34H31Cl2F2N5O9S/c1-53(48,49)43(11-10-40-9-8-39-19-40)22-5-6-23-24(13-22)33(46)42(32(23)45)17-31(44)51-29(14-25-26(35)15-41(47)16-27(25)36)21-4-7-28(52-34(37)38)30(12-21)50-18-20-2-3-20/h4-9,12-13,15-16,19-20,29,34H,2-3,10-11,14,17-18H2,1H3. The lowest BCUT2D eigenvalue weighted by Crippen LogP contribution is -2.36. The molecule has 1 aliphatic heterocycles. The van der Waals surface area contributed by atoms with E-state index >= 15 is 0 Å². The molecule has 1 saturated carbocycles. The van der Waals surface area contributed by atoms with E-state index in [0.29, 0.717) is 9.63 Å². The van der Waals surface area contributed by atoms with E-state index in [1.165, 1.54) is 42.7 Å². The summed E-state index contributed by atoms with van der Waals surface area (Å²) in [5.74, 6) is -2.75. The number of imidazole rings is 1. The zero-order chi connectivity index (χ0) is 38.0. The van der Waals surface area contributed by atoms with E-state index in [2.05, 4.69) is 9.72 Å². The van der Waals surface area contributed by atoms with E-state index in [4.69, 9.17) is 32.7 Å². The molecule has 1 atom stereocenters. The molecule has 6 rings (SSSR count). The predicted molar refractivity (Wildman–Crippen MR) is 185 cm³/mol. The van der Waals surface area contributed by atoms with Crippen molar-refractivity contribution in [2.45, 2.75) is 38.5 Å². The van der Waals surface area contributed by atoms with E-state index in [1.54, 1.807) is 17.0 Å². The second-order valence-electron chi connectivity index (χ2n) is 12.4. The highest BCUT2D eigenvalue weighted by Gasteiger charge is 2.38. The first-order valence-corrected chi connectivity index (χ1v) is 18.7. The minimum absolute atomic E-state index is 0.000383. The summed E-state index contributed by atoms with van der Waals surface area (Å²) >= 11 is 12.7. The topological polar surface area (TPSA) is 164 Å². The van der Waals surface area contributed by atoms with Gasteiger partial charge in [0.25, 0.3) is 11.8 Å². The summed E-state index contributed by atoms with van der Waals surface area (Å²) in [5.41, 5.74) is 0.414. The number of esters is 1. The van der Waals surface area contributed by atoms with Gasteiger partial charge < -0.3 is 24.0 Å². The van der Waals surface area contributed by atoms with Crippen molar-refractivity contribution in [1.29, 1.82) is 0 Å². The third-order valence-corrected chi connectivity index (χ3v) is 10.3.